The molecule has 0 spiro atoms. The van der Waals surface area contributed by atoms with Gasteiger partial charge in [-0.2, -0.15) is 4.98 Å². The average Bonchev–Trinajstić information content (AvgIpc) is 3.17. The lowest BCUT2D eigenvalue weighted by atomic mass is 10.2. The van der Waals surface area contributed by atoms with E-state index in [0.29, 0.717) is 5.95 Å². The molecule has 3 aromatic rings. The summed E-state index contributed by atoms with van der Waals surface area (Å²) in [5, 5.41) is 4.27. The maximum absolute atomic E-state index is 5.35. The van der Waals surface area contributed by atoms with Crippen LogP contribution in [-0.4, -0.2) is 35.2 Å². The molecule has 1 aliphatic heterocycles. The highest BCUT2D eigenvalue weighted by Gasteiger charge is 2.18. The third-order valence-electron chi connectivity index (χ3n) is 4.44. The number of hydrogen-bond donors (Lipinski definition) is 1. The van der Waals surface area contributed by atoms with E-state index < -0.39 is 0 Å². The van der Waals surface area contributed by atoms with E-state index in [-0.39, 0.29) is 0 Å². The van der Waals surface area contributed by atoms with Crippen molar-refractivity contribution in [2.75, 3.05) is 30.4 Å². The van der Waals surface area contributed by atoms with Crippen molar-refractivity contribution in [2.45, 2.75) is 19.8 Å². The van der Waals surface area contributed by atoms with E-state index in [4.69, 9.17) is 9.72 Å². The van der Waals surface area contributed by atoms with E-state index in [2.05, 4.69) is 20.2 Å². The number of aromatic nitrogens is 3. The molecule has 0 amide bonds. The van der Waals surface area contributed by atoms with Crippen LogP contribution in [0.25, 0.3) is 10.9 Å². The summed E-state index contributed by atoms with van der Waals surface area (Å²) in [6.07, 6.45) is 4.22. The summed E-state index contributed by atoms with van der Waals surface area (Å²) in [5.41, 5.74) is 1.98. The number of ether oxygens (including phenoxy) is 1. The molecule has 1 aliphatic rings. The first kappa shape index (κ1) is 15.6. The highest BCUT2D eigenvalue weighted by molar-refractivity contribution is 5.91. The zero-order valence-corrected chi connectivity index (χ0v) is 14.5. The third kappa shape index (κ3) is 3.20. The van der Waals surface area contributed by atoms with Gasteiger partial charge in [0.1, 0.15) is 17.4 Å². The standard InChI is InChI=1S/C19H21N5O/c1-13-5-8-17(20-12-13)22-19-21-16-11-14(25-2)6-7-15(16)18(23-19)24-9-3-4-10-24/h5-8,11-12H,3-4,9-10H2,1-2H3,(H,20,21,22,23). The minimum absolute atomic E-state index is 0.555. The fourth-order valence-corrected chi connectivity index (χ4v) is 3.10. The second kappa shape index (κ2) is 6.55. The number of pyridine rings is 1. The number of rotatable bonds is 4. The lowest BCUT2D eigenvalue weighted by Crippen LogP contribution is -2.20. The van der Waals surface area contributed by atoms with Gasteiger partial charge in [-0.15, -0.1) is 0 Å². The molecule has 2 aromatic heterocycles. The van der Waals surface area contributed by atoms with Crippen LogP contribution in [0.5, 0.6) is 5.75 Å². The first-order chi connectivity index (χ1) is 12.2. The van der Waals surface area contributed by atoms with E-state index in [1.165, 1.54) is 12.8 Å². The zero-order valence-electron chi connectivity index (χ0n) is 14.5. The van der Waals surface area contributed by atoms with Crippen molar-refractivity contribution in [3.63, 3.8) is 0 Å². The number of nitrogens with one attached hydrogen (secondary N) is 1. The number of fused-ring (bicyclic) bond motifs is 1. The van der Waals surface area contributed by atoms with Crippen LogP contribution in [0.3, 0.4) is 0 Å². The number of aryl methyl sites for hydroxylation is 1. The van der Waals surface area contributed by atoms with Crippen LogP contribution in [0.2, 0.25) is 0 Å². The molecule has 0 atom stereocenters. The highest BCUT2D eigenvalue weighted by atomic mass is 16.5. The van der Waals surface area contributed by atoms with Crippen molar-refractivity contribution >= 4 is 28.5 Å². The Labute approximate surface area is 146 Å². The zero-order chi connectivity index (χ0) is 17.2. The second-order valence-corrected chi connectivity index (χ2v) is 6.29. The predicted molar refractivity (Wildman–Crippen MR) is 99.8 cm³/mol. The van der Waals surface area contributed by atoms with Crippen LogP contribution >= 0.6 is 0 Å². The molecule has 0 saturated carbocycles. The molecule has 0 unspecified atom stereocenters. The number of benzene rings is 1. The van der Waals surface area contributed by atoms with Gasteiger partial charge < -0.3 is 15.0 Å². The first-order valence-electron chi connectivity index (χ1n) is 8.53. The van der Waals surface area contributed by atoms with Gasteiger partial charge in [-0.05, 0) is 43.5 Å². The van der Waals surface area contributed by atoms with Gasteiger partial charge in [0.15, 0.2) is 0 Å². The van der Waals surface area contributed by atoms with E-state index >= 15 is 0 Å². The molecule has 1 aromatic carbocycles. The summed E-state index contributed by atoms with van der Waals surface area (Å²) >= 11 is 0. The topological polar surface area (TPSA) is 63.2 Å². The molecular formula is C19H21N5O. The van der Waals surface area contributed by atoms with Gasteiger partial charge in [0.05, 0.1) is 12.6 Å². The van der Waals surface area contributed by atoms with Crippen LogP contribution in [0, 0.1) is 6.92 Å². The molecule has 0 radical (unpaired) electrons. The number of hydrogen-bond acceptors (Lipinski definition) is 6. The van der Waals surface area contributed by atoms with E-state index in [1.54, 1.807) is 7.11 Å². The molecule has 0 aliphatic carbocycles. The lowest BCUT2D eigenvalue weighted by molar-refractivity contribution is 0.415. The quantitative estimate of drug-likeness (QED) is 0.784. The molecule has 0 bridgehead atoms. The molecule has 1 saturated heterocycles. The van der Waals surface area contributed by atoms with Crippen LogP contribution in [0.1, 0.15) is 18.4 Å². The summed E-state index contributed by atoms with van der Waals surface area (Å²) in [7, 11) is 1.67. The Morgan fingerprint density at radius 1 is 1.08 bits per heavy atom. The minimum Gasteiger partial charge on any atom is -0.497 e. The van der Waals surface area contributed by atoms with Crippen molar-refractivity contribution in [3.05, 3.63) is 42.1 Å². The number of nitrogens with zero attached hydrogens (tertiary/aromatic N) is 4. The summed E-state index contributed by atoms with van der Waals surface area (Å²) in [5.74, 6) is 3.05. The highest BCUT2D eigenvalue weighted by Crippen LogP contribution is 2.30. The Balaban J connectivity index is 1.78. The Morgan fingerprint density at radius 3 is 2.64 bits per heavy atom. The van der Waals surface area contributed by atoms with Crippen molar-refractivity contribution < 1.29 is 4.74 Å². The molecule has 1 fully saturated rings. The van der Waals surface area contributed by atoms with Gasteiger partial charge in [0.2, 0.25) is 5.95 Å². The van der Waals surface area contributed by atoms with Crippen LogP contribution in [0.15, 0.2) is 36.5 Å². The molecule has 1 N–H and O–H groups in total. The second-order valence-electron chi connectivity index (χ2n) is 6.29. The van der Waals surface area contributed by atoms with Gasteiger partial charge in [0, 0.05) is 30.7 Å². The van der Waals surface area contributed by atoms with Crippen molar-refractivity contribution in [3.8, 4) is 5.75 Å². The average molecular weight is 335 g/mol. The Bertz CT molecular complexity index is 888. The summed E-state index contributed by atoms with van der Waals surface area (Å²) < 4.78 is 5.35. The monoisotopic (exact) mass is 335 g/mol. The van der Waals surface area contributed by atoms with Crippen molar-refractivity contribution in [1.82, 2.24) is 15.0 Å². The van der Waals surface area contributed by atoms with Gasteiger partial charge in [-0.3, -0.25) is 0 Å². The first-order valence-corrected chi connectivity index (χ1v) is 8.53. The lowest BCUT2D eigenvalue weighted by Gasteiger charge is -2.19. The predicted octanol–water partition coefficient (Wildman–Crippen LogP) is 3.69. The molecular weight excluding hydrogens is 314 g/mol. The number of anilines is 3. The smallest absolute Gasteiger partial charge is 0.230 e. The maximum atomic E-state index is 5.35. The van der Waals surface area contributed by atoms with Crippen LogP contribution in [-0.2, 0) is 0 Å². The summed E-state index contributed by atoms with van der Waals surface area (Å²) in [4.78, 5) is 16.2. The van der Waals surface area contributed by atoms with Gasteiger partial charge >= 0.3 is 0 Å². The Hall–Kier alpha value is -2.89. The normalized spacial score (nSPS) is 14.1. The van der Waals surface area contributed by atoms with E-state index in [9.17, 15) is 0 Å². The maximum Gasteiger partial charge on any atom is 0.230 e. The van der Waals surface area contributed by atoms with Crippen molar-refractivity contribution in [1.29, 1.82) is 0 Å². The Kier molecular flexibility index (Phi) is 4.09. The largest absolute Gasteiger partial charge is 0.497 e. The fourth-order valence-electron chi connectivity index (χ4n) is 3.10. The molecule has 6 heteroatoms. The van der Waals surface area contributed by atoms with Crippen molar-refractivity contribution in [2.24, 2.45) is 0 Å². The minimum atomic E-state index is 0.555. The van der Waals surface area contributed by atoms with E-state index in [1.807, 2.05) is 43.5 Å². The molecule has 6 nitrogen and oxygen atoms in total. The van der Waals surface area contributed by atoms with E-state index in [0.717, 1.165) is 46.9 Å². The number of methoxy groups -OCH3 is 1. The fraction of sp³-hybridized carbons (Fsp3) is 0.316. The summed E-state index contributed by atoms with van der Waals surface area (Å²) in [6.45, 7) is 4.07. The SMILES string of the molecule is COc1ccc2c(N3CCCC3)nc(Nc3ccc(C)cn3)nc2c1. The summed E-state index contributed by atoms with van der Waals surface area (Å²) in [6, 6.07) is 9.89. The molecule has 4 rings (SSSR count). The van der Waals surface area contributed by atoms with Gasteiger partial charge in [0.25, 0.3) is 0 Å². The molecule has 25 heavy (non-hydrogen) atoms. The van der Waals surface area contributed by atoms with Gasteiger partial charge in [-0.25, -0.2) is 9.97 Å². The van der Waals surface area contributed by atoms with Gasteiger partial charge in [-0.1, -0.05) is 6.07 Å². The molecule has 3 heterocycles. The Morgan fingerprint density at radius 2 is 1.92 bits per heavy atom. The third-order valence-corrected chi connectivity index (χ3v) is 4.44. The van der Waals surface area contributed by atoms with Crippen LogP contribution in [0.4, 0.5) is 17.6 Å². The van der Waals surface area contributed by atoms with Crippen LogP contribution < -0.4 is 15.0 Å². The molecule has 128 valence electrons.